The van der Waals surface area contributed by atoms with E-state index < -0.39 is 17.5 Å². The van der Waals surface area contributed by atoms with Gasteiger partial charge < -0.3 is 35.4 Å². The summed E-state index contributed by atoms with van der Waals surface area (Å²) in [5, 5.41) is 62.4. The SMILES string of the molecule is CC(C)(C)c1cccc(C=Nc2ccccc2SC2c3c(O)cc(O)cc3O[C@H](c3ccc(O)c(O)c3)[C@@H]2O)c1O. The number of rotatable bonds is 5. The molecule has 0 spiro atoms. The molecule has 5 rings (SSSR count). The highest BCUT2D eigenvalue weighted by Gasteiger charge is 2.41. The number of benzene rings is 4. The van der Waals surface area contributed by atoms with Crippen LogP contribution in [0.5, 0.6) is 34.5 Å². The van der Waals surface area contributed by atoms with E-state index in [2.05, 4.69) is 4.99 Å². The second kappa shape index (κ2) is 10.9. The van der Waals surface area contributed by atoms with E-state index >= 15 is 0 Å². The molecule has 1 aliphatic rings. The number of aliphatic hydroxyl groups is 1. The van der Waals surface area contributed by atoms with Gasteiger partial charge in [0, 0.05) is 28.8 Å². The fourth-order valence-corrected chi connectivity index (χ4v) is 6.15. The van der Waals surface area contributed by atoms with Crippen molar-refractivity contribution in [3.8, 4) is 34.5 Å². The monoisotopic (exact) mass is 573 g/mol. The maximum atomic E-state index is 11.6. The Labute approximate surface area is 241 Å². The molecule has 4 aromatic rings. The van der Waals surface area contributed by atoms with Gasteiger partial charge in [-0.25, -0.2) is 0 Å². The molecule has 0 radical (unpaired) electrons. The molecule has 212 valence electrons. The van der Waals surface area contributed by atoms with Crippen molar-refractivity contribution in [2.75, 3.05) is 0 Å². The number of phenols is 5. The molecule has 0 aromatic heterocycles. The molecule has 6 N–H and O–H groups in total. The third-order valence-electron chi connectivity index (χ3n) is 6.93. The van der Waals surface area contributed by atoms with Gasteiger partial charge in [0.2, 0.25) is 0 Å². The van der Waals surface area contributed by atoms with Gasteiger partial charge >= 0.3 is 0 Å². The largest absolute Gasteiger partial charge is 0.508 e. The Balaban J connectivity index is 1.53. The fraction of sp³-hybridized carbons (Fsp3) is 0.219. The predicted octanol–water partition coefficient (Wildman–Crippen LogP) is 6.59. The molecular weight excluding hydrogens is 542 g/mol. The molecule has 0 saturated heterocycles. The molecule has 0 aliphatic carbocycles. The maximum absolute atomic E-state index is 11.6. The van der Waals surface area contributed by atoms with Crippen molar-refractivity contribution < 1.29 is 35.4 Å². The Morgan fingerprint density at radius 1 is 0.829 bits per heavy atom. The average Bonchev–Trinajstić information content (AvgIpc) is 2.91. The van der Waals surface area contributed by atoms with Gasteiger partial charge in [0.05, 0.1) is 16.5 Å². The quantitative estimate of drug-likeness (QED) is 0.116. The van der Waals surface area contributed by atoms with Crippen molar-refractivity contribution in [2.45, 2.75) is 48.5 Å². The second-order valence-electron chi connectivity index (χ2n) is 10.9. The normalized spacial score (nSPS) is 18.7. The highest BCUT2D eigenvalue weighted by molar-refractivity contribution is 7.99. The van der Waals surface area contributed by atoms with Gasteiger partial charge in [-0.3, -0.25) is 4.99 Å². The van der Waals surface area contributed by atoms with Crippen molar-refractivity contribution in [2.24, 2.45) is 4.99 Å². The number of aliphatic imine (C=N–C) groups is 1. The summed E-state index contributed by atoms with van der Waals surface area (Å²) in [5.74, 6) is -0.804. The summed E-state index contributed by atoms with van der Waals surface area (Å²) in [6.07, 6.45) is -0.604. The zero-order valence-corrected chi connectivity index (χ0v) is 23.5. The molecule has 3 atom stereocenters. The number of aromatic hydroxyl groups is 5. The van der Waals surface area contributed by atoms with Gasteiger partial charge in [-0.05, 0) is 46.9 Å². The molecule has 8 nitrogen and oxygen atoms in total. The summed E-state index contributed by atoms with van der Waals surface area (Å²) in [7, 11) is 0. The van der Waals surface area contributed by atoms with Crippen LogP contribution in [0.3, 0.4) is 0 Å². The molecular formula is C32H31NO7S. The van der Waals surface area contributed by atoms with E-state index in [0.717, 1.165) is 5.56 Å². The summed E-state index contributed by atoms with van der Waals surface area (Å²) in [6, 6.07) is 19.5. The van der Waals surface area contributed by atoms with Crippen molar-refractivity contribution in [1.82, 2.24) is 0 Å². The maximum Gasteiger partial charge on any atom is 0.157 e. The van der Waals surface area contributed by atoms with Crippen LogP contribution in [0.4, 0.5) is 5.69 Å². The lowest BCUT2D eigenvalue weighted by atomic mass is 9.85. The third-order valence-corrected chi connectivity index (χ3v) is 8.30. The zero-order chi connectivity index (χ0) is 29.5. The van der Waals surface area contributed by atoms with E-state index in [1.165, 1.54) is 42.1 Å². The molecule has 0 fully saturated rings. The molecule has 0 amide bonds. The first-order valence-corrected chi connectivity index (χ1v) is 13.9. The fourth-order valence-electron chi connectivity index (χ4n) is 4.84. The van der Waals surface area contributed by atoms with Crippen molar-refractivity contribution in [1.29, 1.82) is 0 Å². The topological polar surface area (TPSA) is 143 Å². The molecule has 4 aromatic carbocycles. The number of nitrogens with zero attached hydrogens (tertiary/aromatic N) is 1. The van der Waals surface area contributed by atoms with Crippen molar-refractivity contribution >= 4 is 23.7 Å². The van der Waals surface area contributed by atoms with Gasteiger partial charge in [0.1, 0.15) is 29.1 Å². The Morgan fingerprint density at radius 3 is 2.32 bits per heavy atom. The van der Waals surface area contributed by atoms with Crippen LogP contribution in [0.1, 0.15) is 54.4 Å². The number of ether oxygens (including phenoxy) is 1. The minimum atomic E-state index is -1.21. The highest BCUT2D eigenvalue weighted by Crippen LogP contribution is 2.55. The number of hydrogen-bond donors (Lipinski definition) is 6. The van der Waals surface area contributed by atoms with Crippen LogP contribution < -0.4 is 4.74 Å². The number of fused-ring (bicyclic) bond motifs is 1. The van der Waals surface area contributed by atoms with E-state index in [9.17, 15) is 30.6 Å². The number of hydrogen-bond acceptors (Lipinski definition) is 9. The summed E-state index contributed by atoms with van der Waals surface area (Å²) < 4.78 is 6.01. The lowest BCUT2D eigenvalue weighted by Crippen LogP contribution is -2.33. The van der Waals surface area contributed by atoms with Gasteiger partial charge in [0.25, 0.3) is 0 Å². The first kappa shape index (κ1) is 28.2. The van der Waals surface area contributed by atoms with Crippen molar-refractivity contribution in [3.63, 3.8) is 0 Å². The average molecular weight is 574 g/mol. The van der Waals surface area contributed by atoms with E-state index in [0.29, 0.717) is 27.3 Å². The Kier molecular flexibility index (Phi) is 7.50. The standard InChI is InChI=1S/C32H31NO7S/c1-32(2,3)20-8-6-7-18(28(20)38)16-33-21-9-4-5-10-26(21)41-31-27-24(37)14-19(34)15-25(27)40-30(29(31)39)17-11-12-22(35)23(36)13-17/h4-16,29-31,34-39H,1-3H3/t29-,30+,31?/m0/s1. The van der Waals surface area contributed by atoms with Crippen LogP contribution in [0.2, 0.25) is 0 Å². The van der Waals surface area contributed by atoms with Crippen molar-refractivity contribution in [3.05, 3.63) is 95.1 Å². The number of para-hydroxylation sites is 2. The molecule has 0 saturated carbocycles. The lowest BCUT2D eigenvalue weighted by Gasteiger charge is -2.37. The van der Waals surface area contributed by atoms with Gasteiger partial charge in [-0.1, -0.05) is 51.1 Å². The summed E-state index contributed by atoms with van der Waals surface area (Å²) in [6.45, 7) is 6.07. The highest BCUT2D eigenvalue weighted by atomic mass is 32.2. The van der Waals surface area contributed by atoms with Crippen LogP contribution in [-0.4, -0.2) is 43.0 Å². The zero-order valence-electron chi connectivity index (χ0n) is 22.7. The van der Waals surface area contributed by atoms with Crippen LogP contribution in [0.25, 0.3) is 0 Å². The van der Waals surface area contributed by atoms with Crippen LogP contribution >= 0.6 is 11.8 Å². The minimum Gasteiger partial charge on any atom is -0.508 e. The first-order valence-electron chi connectivity index (χ1n) is 13.0. The Hall–Kier alpha value is -4.34. The molecule has 1 unspecified atom stereocenters. The van der Waals surface area contributed by atoms with Gasteiger partial charge in [-0.2, -0.15) is 0 Å². The number of thioether (sulfide) groups is 1. The predicted molar refractivity (Wildman–Crippen MR) is 158 cm³/mol. The molecule has 0 bridgehead atoms. The van der Waals surface area contributed by atoms with Crippen LogP contribution in [0, 0.1) is 0 Å². The Morgan fingerprint density at radius 2 is 1.59 bits per heavy atom. The summed E-state index contributed by atoms with van der Waals surface area (Å²) in [5.41, 5.74) is 2.39. The first-order chi connectivity index (χ1) is 19.4. The Bertz CT molecular complexity index is 1630. The molecule has 9 heteroatoms. The van der Waals surface area contributed by atoms with E-state index in [1.54, 1.807) is 12.3 Å². The molecule has 1 aliphatic heterocycles. The molecule has 41 heavy (non-hydrogen) atoms. The van der Waals surface area contributed by atoms with Gasteiger partial charge in [-0.15, -0.1) is 11.8 Å². The minimum absolute atomic E-state index is 0.160. The third kappa shape index (κ3) is 5.64. The summed E-state index contributed by atoms with van der Waals surface area (Å²) >= 11 is 1.25. The van der Waals surface area contributed by atoms with E-state index in [-0.39, 0.29) is 39.9 Å². The lowest BCUT2D eigenvalue weighted by molar-refractivity contribution is 0.0174. The van der Waals surface area contributed by atoms with Gasteiger partial charge in [0.15, 0.2) is 17.6 Å². The van der Waals surface area contributed by atoms with Crippen LogP contribution in [-0.2, 0) is 5.41 Å². The smallest absolute Gasteiger partial charge is 0.157 e. The summed E-state index contributed by atoms with van der Waals surface area (Å²) in [4.78, 5) is 5.35. The molecule has 1 heterocycles. The van der Waals surface area contributed by atoms with E-state index in [4.69, 9.17) is 4.74 Å². The second-order valence-corrected chi connectivity index (χ2v) is 12.1. The van der Waals surface area contributed by atoms with Crippen LogP contribution in [0.15, 0.2) is 82.7 Å². The van der Waals surface area contributed by atoms with E-state index in [1.807, 2.05) is 57.2 Å². The number of phenolic OH excluding ortho intramolecular Hbond substituents is 5. The number of aliphatic hydroxyl groups excluding tert-OH is 1.